The Labute approximate surface area is 112 Å². The molecule has 0 amide bonds. The Hall–Kier alpha value is -1.23. The molecule has 0 radical (unpaired) electrons. The van der Waals surface area contributed by atoms with Crippen LogP contribution in [-0.4, -0.2) is 16.6 Å². The fraction of sp³-hybridized carbons (Fsp3) is 0.357. The summed E-state index contributed by atoms with van der Waals surface area (Å²) in [5.74, 6) is 0. The Morgan fingerprint density at radius 1 is 1.39 bits per heavy atom. The zero-order chi connectivity index (χ0) is 13.0. The summed E-state index contributed by atoms with van der Waals surface area (Å²) in [5, 5.41) is 15.7. The molecule has 0 bridgehead atoms. The molecule has 3 nitrogen and oxygen atoms in total. The summed E-state index contributed by atoms with van der Waals surface area (Å²) >= 11 is 1.57. The van der Waals surface area contributed by atoms with Gasteiger partial charge in [0, 0.05) is 23.7 Å². The Morgan fingerprint density at radius 2 is 2.22 bits per heavy atom. The molecule has 0 fully saturated rings. The average Bonchev–Trinajstić information content (AvgIpc) is 2.92. The van der Waals surface area contributed by atoms with Gasteiger partial charge in [-0.25, -0.2) is 0 Å². The van der Waals surface area contributed by atoms with Crippen molar-refractivity contribution >= 4 is 11.3 Å². The van der Waals surface area contributed by atoms with Gasteiger partial charge in [-0.15, -0.1) is 11.3 Å². The van der Waals surface area contributed by atoms with E-state index in [-0.39, 0.29) is 6.04 Å². The highest BCUT2D eigenvalue weighted by Crippen LogP contribution is 2.25. The van der Waals surface area contributed by atoms with Crippen LogP contribution in [0.4, 0.5) is 0 Å². The van der Waals surface area contributed by atoms with Gasteiger partial charge in [-0.3, -0.25) is 4.98 Å². The highest BCUT2D eigenvalue weighted by molar-refractivity contribution is 7.10. The predicted molar refractivity (Wildman–Crippen MR) is 74.5 cm³/mol. The molecule has 0 spiro atoms. The molecule has 18 heavy (non-hydrogen) atoms. The van der Waals surface area contributed by atoms with Crippen LogP contribution in [0.1, 0.15) is 30.5 Å². The van der Waals surface area contributed by atoms with Crippen LogP contribution in [0.3, 0.4) is 0 Å². The van der Waals surface area contributed by atoms with Gasteiger partial charge in [-0.2, -0.15) is 0 Å². The van der Waals surface area contributed by atoms with Crippen LogP contribution in [0.25, 0.3) is 0 Å². The molecule has 2 atom stereocenters. The standard InChI is InChI=1S/C14H18N2OS/c1-11(12-6-3-4-8-15-12)16-10-14(2,17)13-7-5-9-18-13/h3-9,11,16-17H,10H2,1-2H3. The van der Waals surface area contributed by atoms with Crippen LogP contribution < -0.4 is 5.32 Å². The number of aliphatic hydroxyl groups is 1. The summed E-state index contributed by atoms with van der Waals surface area (Å²) in [4.78, 5) is 5.28. The molecule has 0 aliphatic carbocycles. The van der Waals surface area contributed by atoms with Crippen LogP contribution in [0.5, 0.6) is 0 Å². The van der Waals surface area contributed by atoms with Crippen molar-refractivity contribution in [2.24, 2.45) is 0 Å². The highest BCUT2D eigenvalue weighted by Gasteiger charge is 2.24. The van der Waals surface area contributed by atoms with Crippen molar-refractivity contribution in [3.05, 3.63) is 52.5 Å². The Balaban J connectivity index is 1.96. The second-order valence-corrected chi connectivity index (χ2v) is 5.56. The van der Waals surface area contributed by atoms with E-state index in [2.05, 4.69) is 10.3 Å². The van der Waals surface area contributed by atoms with E-state index in [0.29, 0.717) is 6.54 Å². The van der Waals surface area contributed by atoms with Gasteiger partial charge < -0.3 is 10.4 Å². The molecule has 2 heterocycles. The topological polar surface area (TPSA) is 45.1 Å². The predicted octanol–water partition coefficient (Wildman–Crippen LogP) is 2.70. The van der Waals surface area contributed by atoms with Crippen LogP contribution in [0, 0.1) is 0 Å². The van der Waals surface area contributed by atoms with Crippen molar-refractivity contribution in [2.75, 3.05) is 6.54 Å². The minimum Gasteiger partial charge on any atom is -0.383 e. The average molecular weight is 262 g/mol. The fourth-order valence-electron chi connectivity index (χ4n) is 1.76. The molecule has 2 unspecified atom stereocenters. The molecule has 2 aromatic heterocycles. The Bertz CT molecular complexity index is 468. The largest absolute Gasteiger partial charge is 0.383 e. The third kappa shape index (κ3) is 3.16. The number of rotatable bonds is 5. The number of hydrogen-bond donors (Lipinski definition) is 2. The summed E-state index contributed by atoms with van der Waals surface area (Å²) in [6, 6.07) is 9.89. The van der Waals surface area contributed by atoms with Gasteiger partial charge in [0.15, 0.2) is 0 Å². The van der Waals surface area contributed by atoms with Crippen molar-refractivity contribution in [1.82, 2.24) is 10.3 Å². The first-order valence-corrected chi connectivity index (χ1v) is 6.88. The normalized spacial score (nSPS) is 16.2. The molecule has 0 aliphatic rings. The SMILES string of the molecule is CC(NCC(C)(O)c1cccs1)c1ccccn1. The molecule has 0 saturated heterocycles. The number of hydrogen-bond acceptors (Lipinski definition) is 4. The first-order chi connectivity index (χ1) is 8.59. The minimum atomic E-state index is -0.836. The number of thiophene rings is 1. The third-order valence-electron chi connectivity index (χ3n) is 2.94. The highest BCUT2D eigenvalue weighted by atomic mass is 32.1. The second kappa shape index (κ2) is 5.61. The van der Waals surface area contributed by atoms with Gasteiger partial charge in [0.1, 0.15) is 5.60 Å². The van der Waals surface area contributed by atoms with Gasteiger partial charge >= 0.3 is 0 Å². The molecule has 2 aromatic rings. The first kappa shape index (κ1) is 13.2. The zero-order valence-corrected chi connectivity index (χ0v) is 11.4. The van der Waals surface area contributed by atoms with Crippen molar-refractivity contribution in [2.45, 2.75) is 25.5 Å². The van der Waals surface area contributed by atoms with E-state index in [1.54, 1.807) is 17.5 Å². The van der Waals surface area contributed by atoms with Crippen molar-refractivity contribution in [3.8, 4) is 0 Å². The van der Waals surface area contributed by atoms with Crippen molar-refractivity contribution in [3.63, 3.8) is 0 Å². The van der Waals surface area contributed by atoms with E-state index in [4.69, 9.17) is 0 Å². The van der Waals surface area contributed by atoms with E-state index in [1.807, 2.05) is 49.6 Å². The molecule has 2 N–H and O–H groups in total. The van der Waals surface area contributed by atoms with Gasteiger partial charge in [0.2, 0.25) is 0 Å². The summed E-state index contributed by atoms with van der Waals surface area (Å²) in [6.45, 7) is 4.38. The van der Waals surface area contributed by atoms with Crippen molar-refractivity contribution < 1.29 is 5.11 Å². The maximum Gasteiger partial charge on any atom is 0.108 e. The Morgan fingerprint density at radius 3 is 2.83 bits per heavy atom. The third-order valence-corrected chi connectivity index (χ3v) is 4.06. The Kier molecular flexibility index (Phi) is 4.11. The maximum atomic E-state index is 10.4. The smallest absolute Gasteiger partial charge is 0.108 e. The van der Waals surface area contributed by atoms with E-state index in [1.165, 1.54) is 0 Å². The van der Waals surface area contributed by atoms with E-state index in [9.17, 15) is 5.11 Å². The second-order valence-electron chi connectivity index (χ2n) is 4.61. The number of nitrogens with one attached hydrogen (secondary N) is 1. The molecule has 4 heteroatoms. The molecular weight excluding hydrogens is 244 g/mol. The van der Waals surface area contributed by atoms with E-state index >= 15 is 0 Å². The molecule has 2 rings (SSSR count). The fourth-order valence-corrected chi connectivity index (χ4v) is 2.55. The van der Waals surface area contributed by atoms with E-state index in [0.717, 1.165) is 10.6 Å². The lowest BCUT2D eigenvalue weighted by Crippen LogP contribution is -2.36. The summed E-state index contributed by atoms with van der Waals surface area (Å²) < 4.78 is 0. The van der Waals surface area contributed by atoms with E-state index < -0.39 is 5.60 Å². The lowest BCUT2D eigenvalue weighted by molar-refractivity contribution is 0.0580. The minimum absolute atomic E-state index is 0.123. The quantitative estimate of drug-likeness (QED) is 0.871. The van der Waals surface area contributed by atoms with Gasteiger partial charge in [-0.1, -0.05) is 12.1 Å². The van der Waals surface area contributed by atoms with Crippen LogP contribution in [0.15, 0.2) is 41.9 Å². The lowest BCUT2D eigenvalue weighted by atomic mass is 10.0. The van der Waals surface area contributed by atoms with Crippen molar-refractivity contribution in [1.29, 1.82) is 0 Å². The molecular formula is C14H18N2OS. The molecule has 96 valence electrons. The van der Waals surface area contributed by atoms with Crippen LogP contribution >= 0.6 is 11.3 Å². The number of pyridine rings is 1. The number of nitrogens with zero attached hydrogens (tertiary/aromatic N) is 1. The molecule has 0 aliphatic heterocycles. The summed E-state index contributed by atoms with van der Waals surface area (Å²) in [6.07, 6.45) is 1.78. The first-order valence-electron chi connectivity index (χ1n) is 6.00. The summed E-state index contributed by atoms with van der Waals surface area (Å²) in [7, 11) is 0. The van der Waals surface area contributed by atoms with Crippen LogP contribution in [0.2, 0.25) is 0 Å². The van der Waals surface area contributed by atoms with Gasteiger partial charge in [-0.05, 0) is 37.4 Å². The maximum absolute atomic E-state index is 10.4. The van der Waals surface area contributed by atoms with Gasteiger partial charge in [0.25, 0.3) is 0 Å². The number of aromatic nitrogens is 1. The van der Waals surface area contributed by atoms with Gasteiger partial charge in [0.05, 0.1) is 5.69 Å². The van der Waals surface area contributed by atoms with Crippen LogP contribution in [-0.2, 0) is 5.60 Å². The monoisotopic (exact) mass is 262 g/mol. The molecule has 0 saturated carbocycles. The summed E-state index contributed by atoms with van der Waals surface area (Å²) in [5.41, 5.74) is 0.150. The molecule has 0 aromatic carbocycles. The zero-order valence-electron chi connectivity index (χ0n) is 10.6. The lowest BCUT2D eigenvalue weighted by Gasteiger charge is -2.24.